The molecule has 0 aliphatic carbocycles. The molecule has 0 atom stereocenters. The molecule has 0 spiro atoms. The number of sulfonamides is 1. The standard InChI is InChI=1S/C28H40N4O3S2.ClH/c1-7-17-31(18-8-2)37(34,35)24-14-12-23(13-15-24)27(33)32(20-19-30(9-3)10-4)28-29-26-22(6)21(5)11-16-25(26)36-28;/h11-16H,7-10,17-20H2,1-6H3;1H. The summed E-state index contributed by atoms with van der Waals surface area (Å²) in [4.78, 5) is 22.9. The molecule has 1 aromatic heterocycles. The van der Waals surface area contributed by atoms with Gasteiger partial charge < -0.3 is 4.90 Å². The molecule has 0 aliphatic heterocycles. The van der Waals surface area contributed by atoms with E-state index in [4.69, 9.17) is 4.98 Å². The Morgan fingerprint density at radius 1 is 0.868 bits per heavy atom. The van der Waals surface area contributed by atoms with Crippen LogP contribution in [0.3, 0.4) is 0 Å². The smallest absolute Gasteiger partial charge is 0.260 e. The van der Waals surface area contributed by atoms with E-state index in [1.54, 1.807) is 29.2 Å². The van der Waals surface area contributed by atoms with Crippen LogP contribution in [0.4, 0.5) is 5.13 Å². The fraction of sp³-hybridized carbons (Fsp3) is 0.500. The van der Waals surface area contributed by atoms with E-state index < -0.39 is 10.0 Å². The van der Waals surface area contributed by atoms with Crippen LogP contribution < -0.4 is 4.90 Å². The first-order valence-electron chi connectivity index (χ1n) is 13.2. The minimum absolute atomic E-state index is 0. The minimum Gasteiger partial charge on any atom is -0.302 e. The number of benzene rings is 2. The molecule has 1 amide bonds. The molecule has 210 valence electrons. The quantitative estimate of drug-likeness (QED) is 0.243. The number of fused-ring (bicyclic) bond motifs is 1. The van der Waals surface area contributed by atoms with Gasteiger partial charge in [-0.25, -0.2) is 13.4 Å². The van der Waals surface area contributed by atoms with Crippen molar-refractivity contribution in [2.75, 3.05) is 44.2 Å². The Kier molecular flexibility index (Phi) is 12.2. The molecule has 3 aromatic rings. The first-order chi connectivity index (χ1) is 17.7. The Labute approximate surface area is 238 Å². The van der Waals surface area contributed by atoms with Gasteiger partial charge in [0.25, 0.3) is 5.91 Å². The predicted octanol–water partition coefficient (Wildman–Crippen LogP) is 6.13. The molecule has 2 aromatic carbocycles. The number of thiazole rings is 1. The van der Waals surface area contributed by atoms with Crippen molar-refractivity contribution in [3.05, 3.63) is 53.1 Å². The number of carbonyl (C=O) groups excluding carboxylic acids is 1. The summed E-state index contributed by atoms with van der Waals surface area (Å²) in [5.41, 5.74) is 3.66. The number of anilines is 1. The Balaban J connectivity index is 0.00000507. The van der Waals surface area contributed by atoms with Gasteiger partial charge in [-0.05, 0) is 81.2 Å². The SMILES string of the molecule is CCCN(CCC)S(=O)(=O)c1ccc(C(=O)N(CCN(CC)CC)c2nc3c(C)c(C)ccc3s2)cc1.Cl. The van der Waals surface area contributed by atoms with E-state index in [-0.39, 0.29) is 23.2 Å². The van der Waals surface area contributed by atoms with Crippen LogP contribution in [0.2, 0.25) is 0 Å². The lowest BCUT2D eigenvalue weighted by Gasteiger charge is -2.25. The molecule has 7 nitrogen and oxygen atoms in total. The van der Waals surface area contributed by atoms with Crippen molar-refractivity contribution in [3.8, 4) is 0 Å². The van der Waals surface area contributed by atoms with Crippen molar-refractivity contribution in [3.63, 3.8) is 0 Å². The average Bonchev–Trinajstić information content (AvgIpc) is 3.33. The van der Waals surface area contributed by atoms with Crippen molar-refractivity contribution in [2.24, 2.45) is 0 Å². The van der Waals surface area contributed by atoms with Gasteiger partial charge in [-0.3, -0.25) is 9.69 Å². The summed E-state index contributed by atoms with van der Waals surface area (Å²) >= 11 is 1.51. The van der Waals surface area contributed by atoms with Gasteiger partial charge in [0.1, 0.15) is 0 Å². The molecule has 0 saturated heterocycles. The van der Waals surface area contributed by atoms with Gasteiger partial charge in [-0.2, -0.15) is 4.31 Å². The summed E-state index contributed by atoms with van der Waals surface area (Å²) in [6.45, 7) is 16.3. The lowest BCUT2D eigenvalue weighted by molar-refractivity contribution is 0.0983. The summed E-state index contributed by atoms with van der Waals surface area (Å²) in [7, 11) is -3.60. The van der Waals surface area contributed by atoms with E-state index in [1.807, 2.05) is 13.8 Å². The number of likely N-dealkylation sites (N-methyl/N-ethyl adjacent to an activating group) is 1. The molecule has 0 saturated carbocycles. The monoisotopic (exact) mass is 580 g/mol. The summed E-state index contributed by atoms with van der Waals surface area (Å²) in [6, 6.07) is 10.5. The first kappa shape index (κ1) is 32.2. The fourth-order valence-corrected chi connectivity index (χ4v) is 6.99. The van der Waals surface area contributed by atoms with Crippen molar-refractivity contribution < 1.29 is 13.2 Å². The minimum atomic E-state index is -3.60. The lowest BCUT2D eigenvalue weighted by atomic mass is 10.1. The van der Waals surface area contributed by atoms with Gasteiger partial charge in [-0.1, -0.05) is 45.1 Å². The number of aryl methyl sites for hydroxylation is 2. The first-order valence-corrected chi connectivity index (χ1v) is 15.4. The predicted molar refractivity (Wildman–Crippen MR) is 162 cm³/mol. The number of hydrogen-bond acceptors (Lipinski definition) is 6. The van der Waals surface area contributed by atoms with Crippen LogP contribution in [-0.2, 0) is 10.0 Å². The number of hydrogen-bond donors (Lipinski definition) is 0. The van der Waals surface area contributed by atoms with Gasteiger partial charge in [0.2, 0.25) is 10.0 Å². The second-order valence-electron chi connectivity index (χ2n) is 9.26. The summed E-state index contributed by atoms with van der Waals surface area (Å²) < 4.78 is 28.9. The van der Waals surface area contributed by atoms with Crippen LogP contribution in [0.1, 0.15) is 62.0 Å². The van der Waals surface area contributed by atoms with E-state index in [1.165, 1.54) is 21.2 Å². The number of amides is 1. The molecule has 10 heteroatoms. The molecule has 0 fully saturated rings. The zero-order chi connectivity index (χ0) is 27.2. The molecule has 3 rings (SSSR count). The number of halogens is 1. The fourth-order valence-electron chi connectivity index (χ4n) is 4.32. The number of nitrogens with zero attached hydrogens (tertiary/aromatic N) is 4. The van der Waals surface area contributed by atoms with E-state index in [2.05, 4.69) is 44.7 Å². The van der Waals surface area contributed by atoms with E-state index >= 15 is 0 Å². The maximum Gasteiger partial charge on any atom is 0.260 e. The van der Waals surface area contributed by atoms with Crippen LogP contribution in [0.5, 0.6) is 0 Å². The van der Waals surface area contributed by atoms with E-state index in [9.17, 15) is 13.2 Å². The highest BCUT2D eigenvalue weighted by atomic mass is 35.5. The Hall–Kier alpha value is -2.04. The molecular weight excluding hydrogens is 540 g/mol. The summed E-state index contributed by atoms with van der Waals surface area (Å²) in [6.07, 6.45) is 1.50. The Bertz CT molecular complexity index is 1300. The molecule has 38 heavy (non-hydrogen) atoms. The Morgan fingerprint density at radius 3 is 2.03 bits per heavy atom. The van der Waals surface area contributed by atoms with Crippen LogP contribution in [0.25, 0.3) is 10.2 Å². The zero-order valence-electron chi connectivity index (χ0n) is 23.4. The highest BCUT2D eigenvalue weighted by Gasteiger charge is 2.26. The third-order valence-corrected chi connectivity index (χ3v) is 9.73. The molecule has 0 N–H and O–H groups in total. The van der Waals surface area contributed by atoms with E-state index in [0.717, 1.165) is 48.3 Å². The van der Waals surface area contributed by atoms with Crippen LogP contribution in [-0.4, -0.2) is 67.8 Å². The van der Waals surface area contributed by atoms with Crippen molar-refractivity contribution in [2.45, 2.75) is 59.3 Å². The second kappa shape index (κ2) is 14.4. The molecule has 0 unspecified atom stereocenters. The third-order valence-electron chi connectivity index (χ3n) is 6.77. The third kappa shape index (κ3) is 7.12. The van der Waals surface area contributed by atoms with Gasteiger partial charge in [0.05, 0.1) is 15.1 Å². The number of carbonyl (C=O) groups is 1. The van der Waals surface area contributed by atoms with Crippen LogP contribution in [0.15, 0.2) is 41.3 Å². The van der Waals surface area contributed by atoms with Gasteiger partial charge >= 0.3 is 0 Å². The van der Waals surface area contributed by atoms with Crippen LogP contribution >= 0.6 is 23.7 Å². The van der Waals surface area contributed by atoms with Crippen molar-refractivity contribution in [1.82, 2.24) is 14.2 Å². The zero-order valence-corrected chi connectivity index (χ0v) is 25.8. The lowest BCUT2D eigenvalue weighted by Crippen LogP contribution is -2.39. The molecular formula is C28H41ClN4O3S2. The van der Waals surface area contributed by atoms with Crippen LogP contribution in [0, 0.1) is 13.8 Å². The number of aromatic nitrogens is 1. The Morgan fingerprint density at radius 2 is 1.47 bits per heavy atom. The summed E-state index contributed by atoms with van der Waals surface area (Å²) in [5.74, 6) is -0.177. The molecule has 0 aliphatic rings. The topological polar surface area (TPSA) is 73.8 Å². The molecule has 0 radical (unpaired) electrons. The maximum atomic E-state index is 13.8. The normalized spacial score (nSPS) is 11.8. The van der Waals surface area contributed by atoms with Gasteiger partial charge in [-0.15, -0.1) is 12.4 Å². The highest BCUT2D eigenvalue weighted by molar-refractivity contribution is 7.89. The van der Waals surface area contributed by atoms with Gasteiger partial charge in [0.15, 0.2) is 5.13 Å². The largest absolute Gasteiger partial charge is 0.302 e. The summed E-state index contributed by atoms with van der Waals surface area (Å²) in [5, 5.41) is 0.662. The van der Waals surface area contributed by atoms with Gasteiger partial charge in [0, 0.05) is 31.7 Å². The second-order valence-corrected chi connectivity index (χ2v) is 12.2. The maximum absolute atomic E-state index is 13.8. The van der Waals surface area contributed by atoms with Crippen molar-refractivity contribution in [1.29, 1.82) is 0 Å². The molecule has 1 heterocycles. The highest BCUT2D eigenvalue weighted by Crippen LogP contribution is 2.32. The van der Waals surface area contributed by atoms with Crippen molar-refractivity contribution >= 4 is 55.0 Å². The molecule has 0 bridgehead atoms. The van der Waals surface area contributed by atoms with E-state index in [0.29, 0.717) is 30.3 Å². The average molecular weight is 581 g/mol. The number of rotatable bonds is 13.